The van der Waals surface area contributed by atoms with Crippen molar-refractivity contribution in [2.24, 2.45) is 11.7 Å². The number of thiophene rings is 1. The van der Waals surface area contributed by atoms with Gasteiger partial charge in [0.05, 0.1) is 12.7 Å². The van der Waals surface area contributed by atoms with Gasteiger partial charge in [-0.2, -0.15) is 0 Å². The third kappa shape index (κ3) is 5.98. The summed E-state index contributed by atoms with van der Waals surface area (Å²) in [6.45, 7) is 2.51. The number of primary amides is 1. The lowest BCUT2D eigenvalue weighted by Crippen LogP contribution is -2.34. The van der Waals surface area contributed by atoms with Crippen LogP contribution in [0.3, 0.4) is 0 Å². The lowest BCUT2D eigenvalue weighted by molar-refractivity contribution is 0.0975. The van der Waals surface area contributed by atoms with Crippen LogP contribution in [0.2, 0.25) is 5.02 Å². The minimum atomic E-state index is -0.502. The van der Waals surface area contributed by atoms with Crippen molar-refractivity contribution in [2.75, 3.05) is 12.4 Å². The maximum Gasteiger partial charge on any atom is 0.257 e. The molecule has 1 aliphatic carbocycles. The fraction of sp³-hybridized carbons (Fsp3) is 0.269. The van der Waals surface area contributed by atoms with Gasteiger partial charge in [0, 0.05) is 15.5 Å². The highest BCUT2D eigenvalue weighted by Gasteiger charge is 2.27. The number of carbonyl (C=O) groups is 2. The Balaban J connectivity index is 1.42. The molecule has 0 saturated heterocycles. The van der Waals surface area contributed by atoms with Crippen LogP contribution in [-0.2, 0) is 19.4 Å². The molecule has 0 aliphatic heterocycles. The second-order valence-corrected chi connectivity index (χ2v) is 10.6. The molecule has 4 N–H and O–H groups in total. The molecule has 4 rings (SSSR count). The van der Waals surface area contributed by atoms with Gasteiger partial charge in [-0.1, -0.05) is 30.7 Å². The van der Waals surface area contributed by atoms with Crippen LogP contribution in [0.5, 0.6) is 11.5 Å². The van der Waals surface area contributed by atoms with Crippen LogP contribution in [0.1, 0.15) is 50.1 Å². The van der Waals surface area contributed by atoms with Crippen LogP contribution in [0.25, 0.3) is 0 Å². The summed E-state index contributed by atoms with van der Waals surface area (Å²) in [5.41, 5.74) is 8.39. The lowest BCUT2D eigenvalue weighted by Gasteiger charge is -2.18. The molecule has 2 aromatic carbocycles. The third-order valence-corrected chi connectivity index (χ3v) is 7.57. The number of carbonyl (C=O) groups excluding carboxylic acids is 2. The molecule has 10 heteroatoms. The Hall–Kier alpha value is -3.14. The summed E-state index contributed by atoms with van der Waals surface area (Å²) >= 11 is 12.7. The Morgan fingerprint density at radius 2 is 1.94 bits per heavy atom. The predicted molar refractivity (Wildman–Crippen MR) is 146 cm³/mol. The van der Waals surface area contributed by atoms with Gasteiger partial charge in [-0.05, 0) is 78.9 Å². The summed E-state index contributed by atoms with van der Waals surface area (Å²) in [6, 6.07) is 12.2. The fourth-order valence-electron chi connectivity index (χ4n) is 4.08. The van der Waals surface area contributed by atoms with Crippen LogP contribution in [0.4, 0.5) is 5.00 Å². The summed E-state index contributed by atoms with van der Waals surface area (Å²) in [7, 11) is 1.50. The van der Waals surface area contributed by atoms with Crippen molar-refractivity contribution in [2.45, 2.75) is 32.8 Å². The maximum atomic E-state index is 12.9. The number of thiocarbonyl (C=S) groups is 1. The normalized spacial score (nSPS) is 14.5. The smallest absolute Gasteiger partial charge is 0.257 e. The second-order valence-electron chi connectivity index (χ2n) is 8.61. The van der Waals surface area contributed by atoms with Crippen LogP contribution in [0, 0.1) is 5.92 Å². The summed E-state index contributed by atoms with van der Waals surface area (Å²) in [5.74, 6) is 0.522. The molecule has 3 aromatic rings. The van der Waals surface area contributed by atoms with Crippen molar-refractivity contribution in [3.63, 3.8) is 0 Å². The summed E-state index contributed by atoms with van der Waals surface area (Å²) in [5, 5.41) is 6.96. The average Bonchev–Trinajstić information content (AvgIpc) is 3.20. The molecule has 1 aliphatic rings. The van der Waals surface area contributed by atoms with Crippen molar-refractivity contribution < 1.29 is 19.1 Å². The Kier molecular flexibility index (Phi) is 8.13. The van der Waals surface area contributed by atoms with E-state index in [9.17, 15) is 9.59 Å². The summed E-state index contributed by atoms with van der Waals surface area (Å²) < 4.78 is 11.3. The zero-order valence-corrected chi connectivity index (χ0v) is 22.2. The van der Waals surface area contributed by atoms with E-state index in [0.717, 1.165) is 35.3 Å². The first kappa shape index (κ1) is 25.9. The van der Waals surface area contributed by atoms with Gasteiger partial charge in [0.1, 0.15) is 11.6 Å². The number of benzene rings is 2. The van der Waals surface area contributed by atoms with E-state index in [1.54, 1.807) is 30.3 Å². The number of hydrogen-bond acceptors (Lipinski definition) is 6. The zero-order chi connectivity index (χ0) is 25.8. The zero-order valence-electron chi connectivity index (χ0n) is 19.9. The van der Waals surface area contributed by atoms with Crippen molar-refractivity contribution in [3.05, 3.63) is 74.6 Å². The largest absolute Gasteiger partial charge is 0.493 e. The third-order valence-electron chi connectivity index (χ3n) is 5.95. The van der Waals surface area contributed by atoms with E-state index in [1.807, 2.05) is 12.1 Å². The molecule has 1 atom stereocenters. The first-order valence-electron chi connectivity index (χ1n) is 11.4. The molecule has 1 aromatic heterocycles. The number of methoxy groups -OCH3 is 1. The summed E-state index contributed by atoms with van der Waals surface area (Å²) in [6.07, 6.45) is 2.71. The Morgan fingerprint density at radius 1 is 1.19 bits per heavy atom. The molecule has 0 radical (unpaired) electrons. The van der Waals surface area contributed by atoms with Gasteiger partial charge in [-0.15, -0.1) is 11.3 Å². The number of fused-ring (bicyclic) bond motifs is 1. The molecule has 188 valence electrons. The molecule has 36 heavy (non-hydrogen) atoms. The average molecular weight is 544 g/mol. The van der Waals surface area contributed by atoms with E-state index < -0.39 is 11.8 Å². The Labute approximate surface area is 223 Å². The van der Waals surface area contributed by atoms with Crippen molar-refractivity contribution in [1.29, 1.82) is 0 Å². The molecular weight excluding hydrogens is 518 g/mol. The van der Waals surface area contributed by atoms with Gasteiger partial charge in [0.15, 0.2) is 16.6 Å². The van der Waals surface area contributed by atoms with E-state index in [2.05, 4.69) is 17.6 Å². The molecule has 2 amide bonds. The van der Waals surface area contributed by atoms with E-state index in [1.165, 1.54) is 18.4 Å². The number of ether oxygens (including phenoxy) is 2. The number of nitrogens with two attached hydrogens (primary N) is 1. The molecule has 1 unspecified atom stereocenters. The van der Waals surface area contributed by atoms with Crippen molar-refractivity contribution >= 4 is 57.1 Å². The van der Waals surface area contributed by atoms with Gasteiger partial charge in [-0.25, -0.2) is 0 Å². The van der Waals surface area contributed by atoms with Gasteiger partial charge < -0.3 is 20.5 Å². The summed E-state index contributed by atoms with van der Waals surface area (Å²) in [4.78, 5) is 26.1. The molecule has 1 heterocycles. The van der Waals surface area contributed by atoms with Crippen LogP contribution < -0.4 is 25.8 Å². The minimum absolute atomic E-state index is 0.0798. The van der Waals surface area contributed by atoms with Gasteiger partial charge in [0.25, 0.3) is 11.8 Å². The van der Waals surface area contributed by atoms with Gasteiger partial charge >= 0.3 is 0 Å². The van der Waals surface area contributed by atoms with Gasteiger partial charge in [0.2, 0.25) is 0 Å². The predicted octanol–water partition coefficient (Wildman–Crippen LogP) is 5.34. The molecular formula is C26H26ClN3O4S2. The molecule has 0 bridgehead atoms. The number of rotatable bonds is 7. The highest BCUT2D eigenvalue weighted by molar-refractivity contribution is 7.80. The lowest BCUT2D eigenvalue weighted by atomic mass is 9.88. The topological polar surface area (TPSA) is 103 Å². The Morgan fingerprint density at radius 3 is 2.64 bits per heavy atom. The van der Waals surface area contributed by atoms with E-state index in [0.29, 0.717) is 45.2 Å². The molecule has 0 saturated carbocycles. The maximum absolute atomic E-state index is 12.9. The second kappa shape index (κ2) is 11.3. The van der Waals surface area contributed by atoms with E-state index in [-0.39, 0.29) is 5.11 Å². The monoisotopic (exact) mass is 543 g/mol. The number of amides is 2. The van der Waals surface area contributed by atoms with Crippen LogP contribution in [-0.4, -0.2) is 24.0 Å². The standard InChI is InChI=1S/C26H26ClN3O4S2/c1-14-3-9-18-21(11-14)36-25(22(18)23(28)31)30-26(35)29-24(32)16-6-10-19(20(12-16)33-2)34-13-15-4-7-17(27)8-5-15/h4-8,10,12,14H,3,9,11,13H2,1-2H3,(H2,28,31)(H2,29,30,32,35). The first-order valence-corrected chi connectivity index (χ1v) is 13.0. The highest BCUT2D eigenvalue weighted by Crippen LogP contribution is 2.39. The SMILES string of the molecule is COc1cc(C(=O)NC(=S)Nc2sc3c(c2C(N)=O)CCC(C)C3)ccc1OCc1ccc(Cl)cc1. The fourth-order valence-corrected chi connectivity index (χ4v) is 5.88. The Bertz CT molecular complexity index is 1310. The number of halogens is 1. The first-order chi connectivity index (χ1) is 17.2. The molecule has 7 nitrogen and oxygen atoms in total. The van der Waals surface area contributed by atoms with Crippen molar-refractivity contribution in [3.8, 4) is 11.5 Å². The van der Waals surface area contributed by atoms with Crippen molar-refractivity contribution in [1.82, 2.24) is 5.32 Å². The highest BCUT2D eigenvalue weighted by atomic mass is 35.5. The van der Waals surface area contributed by atoms with E-state index >= 15 is 0 Å². The van der Waals surface area contributed by atoms with Crippen LogP contribution >= 0.6 is 35.2 Å². The number of nitrogens with one attached hydrogen (secondary N) is 2. The number of hydrogen-bond donors (Lipinski definition) is 3. The number of anilines is 1. The minimum Gasteiger partial charge on any atom is -0.493 e. The van der Waals surface area contributed by atoms with E-state index in [4.69, 9.17) is 39.0 Å². The molecule has 0 spiro atoms. The van der Waals surface area contributed by atoms with Gasteiger partial charge in [-0.3, -0.25) is 14.9 Å². The quantitative estimate of drug-likeness (QED) is 0.348. The molecule has 0 fully saturated rings. The van der Waals surface area contributed by atoms with Crippen LogP contribution in [0.15, 0.2) is 42.5 Å².